The summed E-state index contributed by atoms with van der Waals surface area (Å²) in [5.74, 6) is 0.469. The van der Waals surface area contributed by atoms with Crippen LogP contribution in [0.15, 0.2) is 23.1 Å². The Balaban J connectivity index is 2.04. The van der Waals surface area contributed by atoms with Crippen molar-refractivity contribution in [3.8, 4) is 5.75 Å². The monoisotopic (exact) mass is 383 g/mol. The maximum absolute atomic E-state index is 12.6. The van der Waals surface area contributed by atoms with Crippen LogP contribution in [0.1, 0.15) is 26.3 Å². The van der Waals surface area contributed by atoms with Gasteiger partial charge in [-0.2, -0.15) is 4.72 Å². The van der Waals surface area contributed by atoms with Gasteiger partial charge in [0, 0.05) is 26.2 Å². The lowest BCUT2D eigenvalue weighted by Crippen LogP contribution is -2.54. The first kappa shape index (κ1) is 20.7. The van der Waals surface area contributed by atoms with E-state index in [1.807, 2.05) is 6.92 Å². The van der Waals surface area contributed by atoms with Gasteiger partial charge in [-0.1, -0.05) is 6.92 Å². The zero-order valence-electron chi connectivity index (χ0n) is 16.0. The largest absolute Gasteiger partial charge is 0.494 e. The quantitative estimate of drug-likeness (QED) is 0.766. The fourth-order valence-corrected chi connectivity index (χ4v) is 4.30. The zero-order chi connectivity index (χ0) is 19.3. The summed E-state index contributed by atoms with van der Waals surface area (Å²) in [7, 11) is -3.78. The van der Waals surface area contributed by atoms with E-state index in [4.69, 9.17) is 4.74 Å². The number of likely N-dealkylation sites (N-methyl/N-ethyl adjacent to an activating group) is 1. The Morgan fingerprint density at radius 3 is 2.42 bits per heavy atom. The number of piperazine rings is 1. The Morgan fingerprint density at radius 1 is 1.23 bits per heavy atom. The van der Waals surface area contributed by atoms with E-state index in [0.29, 0.717) is 25.4 Å². The third-order valence-electron chi connectivity index (χ3n) is 4.59. The molecule has 0 saturated carbocycles. The van der Waals surface area contributed by atoms with Crippen LogP contribution < -0.4 is 9.46 Å². The van der Waals surface area contributed by atoms with Gasteiger partial charge in [0.1, 0.15) is 5.75 Å². The molecule has 1 aliphatic rings. The molecule has 0 radical (unpaired) electrons. The predicted octanol–water partition coefficient (Wildman–Crippen LogP) is 1.22. The van der Waals surface area contributed by atoms with Gasteiger partial charge in [-0.3, -0.25) is 4.79 Å². The molecule has 26 heavy (non-hydrogen) atoms. The Morgan fingerprint density at radius 2 is 1.88 bits per heavy atom. The van der Waals surface area contributed by atoms with E-state index in [-0.39, 0.29) is 10.8 Å². The molecule has 146 valence electrons. The first-order valence-electron chi connectivity index (χ1n) is 9.05. The van der Waals surface area contributed by atoms with Gasteiger partial charge in [0.25, 0.3) is 0 Å². The number of nitrogens with one attached hydrogen (secondary N) is 1. The van der Waals surface area contributed by atoms with Crippen LogP contribution in [0.25, 0.3) is 0 Å². The molecule has 0 aliphatic carbocycles. The number of aryl methyl sites for hydroxylation is 1. The summed E-state index contributed by atoms with van der Waals surface area (Å²) in [6.45, 7) is 11.7. The minimum Gasteiger partial charge on any atom is -0.494 e. The van der Waals surface area contributed by atoms with Crippen LogP contribution >= 0.6 is 0 Å². The zero-order valence-corrected chi connectivity index (χ0v) is 16.8. The molecule has 0 unspecified atom stereocenters. The summed E-state index contributed by atoms with van der Waals surface area (Å²) in [5.41, 5.74) is 0.740. The van der Waals surface area contributed by atoms with E-state index in [9.17, 15) is 13.2 Å². The van der Waals surface area contributed by atoms with Crippen LogP contribution in [0, 0.1) is 6.92 Å². The molecule has 1 aromatic carbocycles. The molecule has 1 fully saturated rings. The van der Waals surface area contributed by atoms with Crippen molar-refractivity contribution in [2.45, 2.75) is 38.6 Å². The number of rotatable bonds is 7. The third-order valence-corrected chi connectivity index (χ3v) is 6.13. The molecule has 1 aromatic rings. The summed E-state index contributed by atoms with van der Waals surface area (Å²) in [4.78, 5) is 16.7. The first-order chi connectivity index (χ1) is 12.3. The van der Waals surface area contributed by atoms with Crippen LogP contribution in [0.2, 0.25) is 0 Å². The molecule has 1 aliphatic heterocycles. The molecular formula is C18H29N3O4S. The number of benzene rings is 1. The van der Waals surface area contributed by atoms with Gasteiger partial charge in [0.05, 0.1) is 17.5 Å². The number of carbonyl (C=O) groups is 1. The van der Waals surface area contributed by atoms with E-state index >= 15 is 0 Å². The van der Waals surface area contributed by atoms with Crippen molar-refractivity contribution in [3.05, 3.63) is 23.8 Å². The molecule has 2 rings (SSSR count). The Labute approximate surface area is 156 Å². The molecular weight excluding hydrogens is 354 g/mol. The van der Waals surface area contributed by atoms with Crippen molar-refractivity contribution in [1.29, 1.82) is 0 Å². The SMILES string of the molecule is CCOc1ccc(S(=O)(=O)N[C@H](C)C(=O)N2CCN(CC)CC2)cc1C. The summed E-state index contributed by atoms with van der Waals surface area (Å²) in [6.07, 6.45) is 0. The minimum atomic E-state index is -3.78. The second kappa shape index (κ2) is 8.83. The fraction of sp³-hybridized carbons (Fsp3) is 0.611. The van der Waals surface area contributed by atoms with E-state index in [1.54, 1.807) is 30.9 Å². The van der Waals surface area contributed by atoms with Gasteiger partial charge in [-0.15, -0.1) is 0 Å². The Kier molecular flexibility index (Phi) is 7.02. The van der Waals surface area contributed by atoms with Crippen molar-refractivity contribution in [2.75, 3.05) is 39.3 Å². The van der Waals surface area contributed by atoms with Crippen molar-refractivity contribution in [3.63, 3.8) is 0 Å². The van der Waals surface area contributed by atoms with Crippen LogP contribution in [0.3, 0.4) is 0 Å². The van der Waals surface area contributed by atoms with Gasteiger partial charge in [-0.05, 0) is 51.1 Å². The molecule has 1 N–H and O–H groups in total. The van der Waals surface area contributed by atoms with Crippen LogP contribution in [-0.2, 0) is 14.8 Å². The topological polar surface area (TPSA) is 78.9 Å². The number of ether oxygens (including phenoxy) is 1. The molecule has 1 saturated heterocycles. The van der Waals surface area contributed by atoms with Crippen LogP contribution in [-0.4, -0.2) is 69.5 Å². The van der Waals surface area contributed by atoms with Crippen LogP contribution in [0.5, 0.6) is 5.75 Å². The average molecular weight is 384 g/mol. The van der Waals surface area contributed by atoms with Gasteiger partial charge in [-0.25, -0.2) is 8.42 Å². The Hall–Kier alpha value is -1.64. The highest BCUT2D eigenvalue weighted by Crippen LogP contribution is 2.22. The number of sulfonamides is 1. The second-order valence-corrected chi connectivity index (χ2v) is 8.18. The smallest absolute Gasteiger partial charge is 0.241 e. The summed E-state index contributed by atoms with van der Waals surface area (Å²) >= 11 is 0. The van der Waals surface area contributed by atoms with Gasteiger partial charge < -0.3 is 14.5 Å². The molecule has 0 aromatic heterocycles. The second-order valence-electron chi connectivity index (χ2n) is 6.46. The minimum absolute atomic E-state index is 0.133. The number of hydrogen-bond donors (Lipinski definition) is 1. The normalized spacial score (nSPS) is 17.2. The van der Waals surface area contributed by atoms with Crippen molar-refractivity contribution in [1.82, 2.24) is 14.5 Å². The molecule has 1 heterocycles. The molecule has 1 amide bonds. The number of amides is 1. The fourth-order valence-electron chi connectivity index (χ4n) is 3.02. The molecule has 1 atom stereocenters. The Bertz CT molecular complexity index is 728. The van der Waals surface area contributed by atoms with Crippen LogP contribution in [0.4, 0.5) is 0 Å². The summed E-state index contributed by atoms with van der Waals surface area (Å²) < 4.78 is 33.2. The lowest BCUT2D eigenvalue weighted by atomic mass is 10.2. The summed E-state index contributed by atoms with van der Waals surface area (Å²) in [5, 5.41) is 0. The van der Waals surface area contributed by atoms with Crippen molar-refractivity contribution >= 4 is 15.9 Å². The first-order valence-corrected chi connectivity index (χ1v) is 10.5. The van der Waals surface area contributed by atoms with Gasteiger partial charge >= 0.3 is 0 Å². The molecule has 7 nitrogen and oxygen atoms in total. The maximum atomic E-state index is 12.6. The molecule has 0 spiro atoms. The van der Waals surface area contributed by atoms with E-state index in [2.05, 4.69) is 16.5 Å². The van der Waals surface area contributed by atoms with Gasteiger partial charge in [0.15, 0.2) is 0 Å². The van der Waals surface area contributed by atoms with E-state index < -0.39 is 16.1 Å². The van der Waals surface area contributed by atoms with Gasteiger partial charge in [0.2, 0.25) is 15.9 Å². The molecule has 8 heteroatoms. The number of carbonyl (C=O) groups excluding carboxylic acids is 1. The summed E-state index contributed by atoms with van der Waals surface area (Å²) in [6, 6.07) is 3.89. The lowest BCUT2D eigenvalue weighted by molar-refractivity contribution is -0.134. The average Bonchev–Trinajstić information content (AvgIpc) is 2.62. The van der Waals surface area contributed by atoms with E-state index in [1.165, 1.54) is 6.07 Å². The number of nitrogens with zero attached hydrogens (tertiary/aromatic N) is 2. The lowest BCUT2D eigenvalue weighted by Gasteiger charge is -2.35. The highest BCUT2D eigenvalue weighted by Gasteiger charge is 2.28. The predicted molar refractivity (Wildman–Crippen MR) is 101 cm³/mol. The molecule has 0 bridgehead atoms. The van der Waals surface area contributed by atoms with E-state index in [0.717, 1.165) is 25.2 Å². The van der Waals surface area contributed by atoms with Crippen molar-refractivity contribution < 1.29 is 17.9 Å². The third kappa shape index (κ3) is 4.96. The van der Waals surface area contributed by atoms with Crippen molar-refractivity contribution in [2.24, 2.45) is 0 Å². The number of hydrogen-bond acceptors (Lipinski definition) is 5. The highest BCUT2D eigenvalue weighted by molar-refractivity contribution is 7.89. The highest BCUT2D eigenvalue weighted by atomic mass is 32.2. The maximum Gasteiger partial charge on any atom is 0.241 e. The standard InChI is InChI=1S/C18H29N3O4S/c1-5-20-9-11-21(12-10-20)18(22)15(4)19-26(23,24)16-7-8-17(25-6-2)14(3)13-16/h7-8,13,15,19H,5-6,9-12H2,1-4H3/t15-/m1/s1.